The van der Waals surface area contributed by atoms with Crippen LogP contribution >= 0.6 is 23.4 Å². The van der Waals surface area contributed by atoms with Gasteiger partial charge < -0.3 is 4.42 Å². The van der Waals surface area contributed by atoms with Crippen molar-refractivity contribution >= 4 is 23.4 Å². The van der Waals surface area contributed by atoms with Gasteiger partial charge in [0.15, 0.2) is 0 Å². The Morgan fingerprint density at radius 2 is 2.16 bits per heavy atom. The van der Waals surface area contributed by atoms with Gasteiger partial charge in [0.05, 0.1) is 0 Å². The summed E-state index contributed by atoms with van der Waals surface area (Å²) in [6.07, 6.45) is 2.82. The van der Waals surface area contributed by atoms with Crippen molar-refractivity contribution in [2.75, 3.05) is 0 Å². The van der Waals surface area contributed by atoms with Crippen molar-refractivity contribution in [3.63, 3.8) is 0 Å². The number of aromatic nitrogens is 8. The van der Waals surface area contributed by atoms with Gasteiger partial charge in [-0.3, -0.25) is 0 Å². The number of hydrogen-bond acceptors (Lipinski definition) is 9. The molecule has 0 amide bonds. The number of halogens is 1. The van der Waals surface area contributed by atoms with Crippen LogP contribution in [0.4, 0.5) is 0 Å². The molecule has 0 unspecified atom stereocenters. The second-order valence-electron chi connectivity index (χ2n) is 3.22. The lowest BCUT2D eigenvalue weighted by molar-refractivity contribution is 0.428. The maximum atomic E-state index is 5.83. The topological polar surface area (TPSA) is 108 Å². The molecule has 0 aliphatic heterocycles. The fourth-order valence-electron chi connectivity index (χ4n) is 1.18. The Balaban J connectivity index is 1.94. The van der Waals surface area contributed by atoms with Gasteiger partial charge in [0, 0.05) is 18.7 Å². The maximum absolute atomic E-state index is 5.83. The Morgan fingerprint density at radius 1 is 1.26 bits per heavy atom. The molecule has 0 spiro atoms. The SMILES string of the molecule is Cc1nnc(Sc2nc(Cl)nc(-n3cncn3)n2)o1. The van der Waals surface area contributed by atoms with Crippen LogP contribution in [0.1, 0.15) is 5.89 Å². The molecule has 0 saturated heterocycles. The molecule has 0 aliphatic carbocycles. The van der Waals surface area contributed by atoms with Crippen molar-refractivity contribution in [3.8, 4) is 5.95 Å². The van der Waals surface area contributed by atoms with Gasteiger partial charge in [0.2, 0.25) is 16.3 Å². The van der Waals surface area contributed by atoms with Gasteiger partial charge in [0.1, 0.15) is 12.7 Å². The molecule has 19 heavy (non-hydrogen) atoms. The highest BCUT2D eigenvalue weighted by Crippen LogP contribution is 2.24. The third-order valence-electron chi connectivity index (χ3n) is 1.89. The molecule has 3 rings (SSSR count). The third kappa shape index (κ3) is 2.69. The van der Waals surface area contributed by atoms with Gasteiger partial charge >= 0.3 is 0 Å². The highest BCUT2D eigenvalue weighted by molar-refractivity contribution is 7.98. The summed E-state index contributed by atoms with van der Waals surface area (Å²) in [5.41, 5.74) is 0. The van der Waals surface area contributed by atoms with E-state index in [1.165, 1.54) is 17.3 Å². The quantitative estimate of drug-likeness (QED) is 0.697. The summed E-state index contributed by atoms with van der Waals surface area (Å²) >= 11 is 6.92. The molecular weight excluding hydrogens is 292 g/mol. The average molecular weight is 297 g/mol. The van der Waals surface area contributed by atoms with E-state index in [-0.39, 0.29) is 11.2 Å². The van der Waals surface area contributed by atoms with Crippen molar-refractivity contribution in [3.05, 3.63) is 23.8 Å². The van der Waals surface area contributed by atoms with E-state index in [1.807, 2.05) is 0 Å². The normalized spacial score (nSPS) is 10.8. The lowest BCUT2D eigenvalue weighted by Gasteiger charge is -2.00. The van der Waals surface area contributed by atoms with Crippen LogP contribution < -0.4 is 0 Å². The summed E-state index contributed by atoms with van der Waals surface area (Å²) in [7, 11) is 0. The van der Waals surface area contributed by atoms with Crippen molar-refractivity contribution in [2.24, 2.45) is 0 Å². The van der Waals surface area contributed by atoms with Crippen LogP contribution in [-0.4, -0.2) is 39.9 Å². The summed E-state index contributed by atoms with van der Waals surface area (Å²) in [5.74, 6) is 0.718. The molecule has 0 aromatic carbocycles. The van der Waals surface area contributed by atoms with E-state index in [2.05, 4.69) is 35.2 Å². The Hall–Kier alpha value is -2.07. The van der Waals surface area contributed by atoms with Gasteiger partial charge in [-0.15, -0.1) is 10.2 Å². The Bertz CT molecular complexity index is 699. The van der Waals surface area contributed by atoms with Crippen LogP contribution in [0.5, 0.6) is 0 Å². The number of rotatable bonds is 3. The zero-order valence-electron chi connectivity index (χ0n) is 9.43. The lowest BCUT2D eigenvalue weighted by Crippen LogP contribution is -2.04. The van der Waals surface area contributed by atoms with E-state index in [1.54, 1.807) is 6.92 Å². The highest BCUT2D eigenvalue weighted by atomic mass is 35.5. The van der Waals surface area contributed by atoms with Crippen LogP contribution in [0.15, 0.2) is 27.5 Å². The zero-order chi connectivity index (χ0) is 13.2. The molecule has 3 aromatic heterocycles. The molecule has 0 aliphatic rings. The average Bonchev–Trinajstić information content (AvgIpc) is 3.00. The van der Waals surface area contributed by atoms with Crippen molar-refractivity contribution in [2.45, 2.75) is 17.3 Å². The first-order valence-electron chi connectivity index (χ1n) is 4.95. The number of hydrogen-bond donors (Lipinski definition) is 0. The summed E-state index contributed by atoms with van der Waals surface area (Å²) < 4.78 is 6.59. The van der Waals surface area contributed by atoms with Gasteiger partial charge in [-0.1, -0.05) is 0 Å². The minimum atomic E-state index is 0.0410. The Labute approximate surface area is 115 Å². The van der Waals surface area contributed by atoms with E-state index >= 15 is 0 Å². The summed E-state index contributed by atoms with van der Waals surface area (Å²) in [6, 6.07) is 0. The second kappa shape index (κ2) is 4.90. The Kier molecular flexibility index (Phi) is 3.09. The molecule has 11 heteroatoms. The van der Waals surface area contributed by atoms with Gasteiger partial charge in [0.25, 0.3) is 11.2 Å². The van der Waals surface area contributed by atoms with Crippen LogP contribution in [-0.2, 0) is 0 Å². The highest BCUT2D eigenvalue weighted by Gasteiger charge is 2.12. The van der Waals surface area contributed by atoms with Gasteiger partial charge in [-0.2, -0.15) is 24.7 Å². The lowest BCUT2D eigenvalue weighted by atomic mass is 10.8. The first-order chi connectivity index (χ1) is 9.20. The maximum Gasteiger partial charge on any atom is 0.284 e. The smallest absolute Gasteiger partial charge is 0.284 e. The predicted octanol–water partition coefficient (Wildman–Crippen LogP) is 0.948. The molecule has 0 fully saturated rings. The molecule has 0 radical (unpaired) electrons. The van der Waals surface area contributed by atoms with E-state index in [4.69, 9.17) is 16.0 Å². The van der Waals surface area contributed by atoms with E-state index in [0.29, 0.717) is 16.3 Å². The first kappa shape index (κ1) is 12.0. The summed E-state index contributed by atoms with van der Waals surface area (Å²) in [4.78, 5) is 15.9. The molecular formula is C8H5ClN8OS. The molecule has 0 N–H and O–H groups in total. The monoisotopic (exact) mass is 296 g/mol. The zero-order valence-corrected chi connectivity index (χ0v) is 11.0. The van der Waals surface area contributed by atoms with Crippen LogP contribution in [0.2, 0.25) is 5.28 Å². The summed E-state index contributed by atoms with van der Waals surface area (Å²) in [6.45, 7) is 1.69. The molecule has 96 valence electrons. The first-order valence-corrected chi connectivity index (χ1v) is 6.15. The third-order valence-corrected chi connectivity index (χ3v) is 2.76. The molecule has 3 heterocycles. The minimum Gasteiger partial charge on any atom is -0.416 e. The predicted molar refractivity (Wildman–Crippen MR) is 62.9 cm³/mol. The van der Waals surface area contributed by atoms with E-state index in [0.717, 1.165) is 11.8 Å². The second-order valence-corrected chi connectivity index (χ2v) is 4.47. The fourth-order valence-corrected chi connectivity index (χ4v) is 2.04. The molecule has 0 saturated carbocycles. The summed E-state index contributed by atoms with van der Waals surface area (Å²) in [5, 5.41) is 12.1. The minimum absolute atomic E-state index is 0.0410. The van der Waals surface area contributed by atoms with Crippen molar-refractivity contribution in [1.29, 1.82) is 0 Å². The van der Waals surface area contributed by atoms with Crippen LogP contribution in [0.25, 0.3) is 5.95 Å². The number of aryl methyl sites for hydroxylation is 1. The van der Waals surface area contributed by atoms with Gasteiger partial charge in [-0.05, 0) is 11.6 Å². The standard InChI is InChI=1S/C8H5ClN8OS/c1-4-15-16-8(18-4)19-7-13-5(9)12-6(14-7)17-3-10-2-11-17/h2-3H,1H3. The van der Waals surface area contributed by atoms with Crippen LogP contribution in [0, 0.1) is 6.92 Å². The molecule has 0 atom stereocenters. The Morgan fingerprint density at radius 3 is 2.84 bits per heavy atom. The largest absolute Gasteiger partial charge is 0.416 e. The van der Waals surface area contributed by atoms with Gasteiger partial charge in [-0.25, -0.2) is 4.98 Å². The number of nitrogens with zero attached hydrogens (tertiary/aromatic N) is 8. The fraction of sp³-hybridized carbons (Fsp3) is 0.125. The molecule has 3 aromatic rings. The van der Waals surface area contributed by atoms with E-state index < -0.39 is 0 Å². The van der Waals surface area contributed by atoms with Crippen molar-refractivity contribution < 1.29 is 4.42 Å². The molecule has 9 nitrogen and oxygen atoms in total. The van der Waals surface area contributed by atoms with E-state index in [9.17, 15) is 0 Å². The molecule has 0 bridgehead atoms. The van der Waals surface area contributed by atoms with Crippen LogP contribution in [0.3, 0.4) is 0 Å². The van der Waals surface area contributed by atoms with Crippen molar-refractivity contribution in [1.82, 2.24) is 39.9 Å².